The van der Waals surface area contributed by atoms with Crippen LogP contribution in [0.3, 0.4) is 0 Å². The highest BCUT2D eigenvalue weighted by molar-refractivity contribution is 7.21. The van der Waals surface area contributed by atoms with Gasteiger partial charge in [-0.1, -0.05) is 6.07 Å². The normalized spacial score (nSPS) is 10.9. The largest absolute Gasteiger partial charge is 0.397 e. The van der Waals surface area contributed by atoms with E-state index in [1.54, 1.807) is 18.3 Å². The summed E-state index contributed by atoms with van der Waals surface area (Å²) in [7, 11) is 0. The van der Waals surface area contributed by atoms with Crippen LogP contribution < -0.4 is 11.1 Å². The Morgan fingerprint density at radius 1 is 1.23 bits per heavy atom. The summed E-state index contributed by atoms with van der Waals surface area (Å²) < 4.78 is 0. The zero-order valence-electron chi connectivity index (χ0n) is 12.6. The molecule has 0 aliphatic heterocycles. The number of hydrogen-bond acceptors (Lipinski definition) is 5. The van der Waals surface area contributed by atoms with E-state index in [2.05, 4.69) is 15.3 Å². The molecule has 0 fully saturated rings. The predicted molar refractivity (Wildman–Crippen MR) is 90.4 cm³/mol. The molecule has 0 aliphatic carbocycles. The molecule has 3 heterocycles. The van der Waals surface area contributed by atoms with Gasteiger partial charge in [-0.3, -0.25) is 4.79 Å². The maximum Gasteiger partial charge on any atom is 0.269 e. The van der Waals surface area contributed by atoms with Crippen LogP contribution in [0.2, 0.25) is 0 Å². The average Bonchev–Trinajstić information content (AvgIpc) is 2.83. The second-order valence-electron chi connectivity index (χ2n) is 5.14. The van der Waals surface area contributed by atoms with Crippen molar-refractivity contribution >= 4 is 39.0 Å². The van der Waals surface area contributed by atoms with Crippen molar-refractivity contribution in [2.75, 3.05) is 11.1 Å². The molecule has 3 aromatic rings. The van der Waals surface area contributed by atoms with Crippen LogP contribution in [0.5, 0.6) is 0 Å². The third kappa shape index (κ3) is 2.31. The molecule has 112 valence electrons. The highest BCUT2D eigenvalue weighted by atomic mass is 32.1. The Kier molecular flexibility index (Phi) is 3.54. The van der Waals surface area contributed by atoms with Gasteiger partial charge in [0, 0.05) is 17.3 Å². The van der Waals surface area contributed by atoms with Crippen molar-refractivity contribution in [3.63, 3.8) is 0 Å². The van der Waals surface area contributed by atoms with Crippen LogP contribution >= 0.6 is 11.3 Å². The smallest absolute Gasteiger partial charge is 0.269 e. The van der Waals surface area contributed by atoms with Crippen LogP contribution in [0.4, 0.5) is 11.5 Å². The lowest BCUT2D eigenvalue weighted by molar-refractivity contribution is 0.103. The van der Waals surface area contributed by atoms with Crippen molar-refractivity contribution in [2.24, 2.45) is 0 Å². The predicted octanol–water partition coefficient (Wildman–Crippen LogP) is 3.45. The van der Waals surface area contributed by atoms with Gasteiger partial charge >= 0.3 is 0 Å². The van der Waals surface area contributed by atoms with Crippen LogP contribution in [0.1, 0.15) is 26.5 Å². The first-order valence-corrected chi connectivity index (χ1v) is 7.69. The topological polar surface area (TPSA) is 80.9 Å². The van der Waals surface area contributed by atoms with E-state index in [-0.39, 0.29) is 5.91 Å². The summed E-state index contributed by atoms with van der Waals surface area (Å²) >= 11 is 1.31. The van der Waals surface area contributed by atoms with Gasteiger partial charge in [-0.25, -0.2) is 9.97 Å². The first kappa shape index (κ1) is 14.5. The first-order valence-electron chi connectivity index (χ1n) is 6.87. The lowest BCUT2D eigenvalue weighted by Gasteiger charge is -2.06. The van der Waals surface area contributed by atoms with Crippen molar-refractivity contribution < 1.29 is 4.79 Å². The summed E-state index contributed by atoms with van der Waals surface area (Å²) in [4.78, 5) is 22.3. The Morgan fingerprint density at radius 2 is 2.00 bits per heavy atom. The molecule has 0 radical (unpaired) electrons. The van der Waals surface area contributed by atoms with Crippen LogP contribution in [-0.4, -0.2) is 15.9 Å². The summed E-state index contributed by atoms with van der Waals surface area (Å²) in [6, 6.07) is 5.34. The summed E-state index contributed by atoms with van der Waals surface area (Å²) in [5.41, 5.74) is 9.83. The van der Waals surface area contributed by atoms with Gasteiger partial charge in [0.2, 0.25) is 0 Å². The van der Waals surface area contributed by atoms with Gasteiger partial charge in [-0.15, -0.1) is 11.3 Å². The molecule has 3 aromatic heterocycles. The van der Waals surface area contributed by atoms with Crippen LogP contribution in [0.15, 0.2) is 24.4 Å². The van der Waals surface area contributed by atoms with E-state index in [9.17, 15) is 4.79 Å². The molecule has 6 heteroatoms. The Balaban J connectivity index is 2.06. The molecule has 0 saturated heterocycles. The van der Waals surface area contributed by atoms with Gasteiger partial charge < -0.3 is 11.1 Å². The SMILES string of the molecule is Cc1nc2sc(C(=O)Nc3ccccn3)c(N)c2c(C)c1C. The minimum Gasteiger partial charge on any atom is -0.397 e. The van der Waals surface area contributed by atoms with Crippen molar-refractivity contribution in [3.05, 3.63) is 46.1 Å². The van der Waals surface area contributed by atoms with Gasteiger partial charge in [-0.05, 0) is 44.0 Å². The number of aryl methyl sites for hydroxylation is 2. The zero-order chi connectivity index (χ0) is 15.9. The highest BCUT2D eigenvalue weighted by Crippen LogP contribution is 2.36. The molecular weight excluding hydrogens is 296 g/mol. The number of rotatable bonds is 2. The molecule has 5 nitrogen and oxygen atoms in total. The Hall–Kier alpha value is -2.47. The molecular formula is C16H16N4OS. The number of nitrogens with zero attached hydrogens (tertiary/aromatic N) is 2. The van der Waals surface area contributed by atoms with Crippen molar-refractivity contribution in [1.29, 1.82) is 0 Å². The third-order valence-electron chi connectivity index (χ3n) is 3.79. The van der Waals surface area contributed by atoms with E-state index in [1.165, 1.54) is 11.3 Å². The number of anilines is 2. The van der Waals surface area contributed by atoms with Crippen molar-refractivity contribution in [2.45, 2.75) is 20.8 Å². The first-order chi connectivity index (χ1) is 10.5. The third-order valence-corrected chi connectivity index (χ3v) is 4.89. The van der Waals surface area contributed by atoms with Gasteiger partial charge in [0.05, 0.1) is 5.69 Å². The molecule has 0 unspecified atom stereocenters. The molecule has 0 saturated carbocycles. The second-order valence-corrected chi connectivity index (χ2v) is 6.14. The molecule has 0 spiro atoms. The monoisotopic (exact) mass is 312 g/mol. The Labute approximate surface area is 132 Å². The van der Waals surface area contributed by atoms with E-state index >= 15 is 0 Å². The summed E-state index contributed by atoms with van der Waals surface area (Å²) in [6.07, 6.45) is 1.63. The molecule has 1 amide bonds. The number of aromatic nitrogens is 2. The van der Waals surface area contributed by atoms with Gasteiger partial charge in [0.1, 0.15) is 15.5 Å². The Bertz CT molecular complexity index is 871. The van der Waals surface area contributed by atoms with Gasteiger partial charge in [0.15, 0.2) is 0 Å². The number of fused-ring (bicyclic) bond motifs is 1. The van der Waals surface area contributed by atoms with E-state index in [4.69, 9.17) is 5.73 Å². The highest BCUT2D eigenvalue weighted by Gasteiger charge is 2.20. The lowest BCUT2D eigenvalue weighted by atomic mass is 10.1. The molecule has 0 atom stereocenters. The molecule has 22 heavy (non-hydrogen) atoms. The molecule has 0 bridgehead atoms. The number of carbonyl (C=O) groups is 1. The fraction of sp³-hybridized carbons (Fsp3) is 0.188. The van der Waals surface area contributed by atoms with Crippen LogP contribution in [0, 0.1) is 20.8 Å². The minimum absolute atomic E-state index is 0.256. The maximum atomic E-state index is 12.4. The zero-order valence-corrected chi connectivity index (χ0v) is 13.4. The summed E-state index contributed by atoms with van der Waals surface area (Å²) in [5, 5.41) is 3.64. The van der Waals surface area contributed by atoms with Crippen molar-refractivity contribution in [1.82, 2.24) is 9.97 Å². The summed E-state index contributed by atoms with van der Waals surface area (Å²) in [6.45, 7) is 5.99. The Morgan fingerprint density at radius 3 is 2.68 bits per heavy atom. The molecule has 3 rings (SSSR count). The van der Waals surface area contributed by atoms with E-state index in [0.29, 0.717) is 16.4 Å². The number of amides is 1. The van der Waals surface area contributed by atoms with Gasteiger partial charge in [-0.2, -0.15) is 0 Å². The number of nitrogens with two attached hydrogens (primary N) is 1. The lowest BCUT2D eigenvalue weighted by Crippen LogP contribution is -2.12. The van der Waals surface area contributed by atoms with E-state index in [1.807, 2.05) is 26.8 Å². The number of pyridine rings is 2. The fourth-order valence-electron chi connectivity index (χ4n) is 2.35. The fourth-order valence-corrected chi connectivity index (χ4v) is 3.44. The molecule has 3 N–H and O–H groups in total. The standard InChI is InChI=1S/C16H16N4OS/c1-8-9(2)12-13(17)14(22-16(12)19-10(8)3)15(21)20-11-6-4-5-7-18-11/h4-7H,17H2,1-3H3,(H,18,20,21). The van der Waals surface area contributed by atoms with Crippen molar-refractivity contribution in [3.8, 4) is 0 Å². The quantitative estimate of drug-likeness (QED) is 0.759. The second kappa shape index (κ2) is 5.38. The number of hydrogen-bond donors (Lipinski definition) is 2. The number of nitrogens with one attached hydrogen (secondary N) is 1. The number of carbonyl (C=O) groups excluding carboxylic acids is 1. The van der Waals surface area contributed by atoms with Crippen LogP contribution in [-0.2, 0) is 0 Å². The minimum atomic E-state index is -0.256. The van der Waals surface area contributed by atoms with Gasteiger partial charge in [0.25, 0.3) is 5.91 Å². The molecule has 0 aliphatic rings. The van der Waals surface area contributed by atoms with Crippen LogP contribution in [0.25, 0.3) is 10.2 Å². The number of thiophene rings is 1. The number of nitrogen functional groups attached to an aromatic ring is 1. The molecule has 0 aromatic carbocycles. The maximum absolute atomic E-state index is 12.4. The van der Waals surface area contributed by atoms with E-state index < -0.39 is 0 Å². The average molecular weight is 312 g/mol. The summed E-state index contributed by atoms with van der Waals surface area (Å²) in [5.74, 6) is 0.246. The van der Waals surface area contributed by atoms with E-state index in [0.717, 1.165) is 27.0 Å².